The zero-order chi connectivity index (χ0) is 12.4. The van der Waals surface area contributed by atoms with Crippen molar-refractivity contribution in [3.05, 3.63) is 64.8 Å². The van der Waals surface area contributed by atoms with Crippen molar-refractivity contribution in [1.29, 1.82) is 0 Å². The van der Waals surface area contributed by atoms with Crippen LogP contribution >= 0.6 is 11.3 Å². The highest BCUT2D eigenvalue weighted by molar-refractivity contribution is 7.20. The van der Waals surface area contributed by atoms with Gasteiger partial charge in [-0.1, -0.05) is 24.3 Å². The monoisotopic (exact) mass is 251 g/mol. The fourth-order valence-corrected chi connectivity index (χ4v) is 3.11. The highest BCUT2D eigenvalue weighted by Gasteiger charge is 2.04. The lowest BCUT2D eigenvalue weighted by molar-refractivity contribution is 1.32. The van der Waals surface area contributed by atoms with Gasteiger partial charge in [-0.2, -0.15) is 0 Å². The summed E-state index contributed by atoms with van der Waals surface area (Å²) >= 11 is 1.84. The summed E-state index contributed by atoms with van der Waals surface area (Å²) in [5.41, 5.74) is 2.54. The molecule has 0 atom stereocenters. The fourth-order valence-electron chi connectivity index (χ4n) is 2.00. The third kappa shape index (κ3) is 2.07. The Labute approximate surface area is 110 Å². The summed E-state index contributed by atoms with van der Waals surface area (Å²) in [6.07, 6.45) is 7.96. The molecule has 0 aliphatic heterocycles. The number of rotatable bonds is 2. The van der Waals surface area contributed by atoms with Crippen LogP contribution in [-0.4, -0.2) is 4.98 Å². The van der Waals surface area contributed by atoms with Crippen LogP contribution < -0.4 is 0 Å². The standard InChI is InChI=1S/C16H13NS/c1-12-14-4-2-3-5-16(14)18-15(12)7-6-13-8-10-17-11-9-13/h2-11H,1H3/b7-6+. The fraction of sp³-hybridized carbons (Fsp3) is 0.0625. The molecule has 88 valence electrons. The average molecular weight is 251 g/mol. The Bertz CT molecular complexity index is 695. The first-order valence-electron chi connectivity index (χ1n) is 5.91. The Kier molecular flexibility index (Phi) is 2.95. The van der Waals surface area contributed by atoms with Crippen LogP contribution in [0.25, 0.3) is 22.2 Å². The molecule has 0 aliphatic carbocycles. The second-order valence-electron chi connectivity index (χ2n) is 4.20. The molecular weight excluding hydrogens is 238 g/mol. The van der Waals surface area contributed by atoms with Crippen LogP contribution in [0.5, 0.6) is 0 Å². The maximum Gasteiger partial charge on any atom is 0.0351 e. The number of thiophene rings is 1. The molecular formula is C16H13NS. The van der Waals surface area contributed by atoms with E-state index >= 15 is 0 Å². The van der Waals surface area contributed by atoms with Gasteiger partial charge in [0.2, 0.25) is 0 Å². The van der Waals surface area contributed by atoms with E-state index in [2.05, 4.69) is 48.3 Å². The molecule has 0 fully saturated rings. The van der Waals surface area contributed by atoms with Gasteiger partial charge in [-0.3, -0.25) is 4.98 Å². The predicted molar refractivity (Wildman–Crippen MR) is 79.7 cm³/mol. The summed E-state index contributed by atoms with van der Waals surface area (Å²) in [6, 6.07) is 12.6. The normalized spacial score (nSPS) is 11.4. The number of hydrogen-bond acceptors (Lipinski definition) is 2. The third-order valence-corrected chi connectivity index (χ3v) is 4.25. The summed E-state index contributed by atoms with van der Waals surface area (Å²) in [6.45, 7) is 2.19. The van der Waals surface area contributed by atoms with Crippen LogP contribution in [-0.2, 0) is 0 Å². The van der Waals surface area contributed by atoms with Crippen molar-refractivity contribution in [3.63, 3.8) is 0 Å². The van der Waals surface area contributed by atoms with E-state index in [0.29, 0.717) is 0 Å². The molecule has 3 aromatic rings. The topological polar surface area (TPSA) is 12.9 Å². The van der Waals surface area contributed by atoms with Gasteiger partial charge < -0.3 is 0 Å². The second-order valence-corrected chi connectivity index (χ2v) is 5.29. The van der Waals surface area contributed by atoms with Gasteiger partial charge in [0.05, 0.1) is 0 Å². The Morgan fingerprint density at radius 2 is 1.78 bits per heavy atom. The first kappa shape index (κ1) is 11.2. The number of nitrogens with zero attached hydrogens (tertiary/aromatic N) is 1. The molecule has 0 N–H and O–H groups in total. The van der Waals surface area contributed by atoms with Crippen molar-refractivity contribution in [1.82, 2.24) is 4.98 Å². The summed E-state index contributed by atoms with van der Waals surface area (Å²) in [5, 5.41) is 1.36. The highest BCUT2D eigenvalue weighted by atomic mass is 32.1. The minimum absolute atomic E-state index is 1.18. The van der Waals surface area contributed by atoms with Crippen molar-refractivity contribution < 1.29 is 0 Å². The zero-order valence-corrected chi connectivity index (χ0v) is 10.9. The second kappa shape index (κ2) is 4.75. The quantitative estimate of drug-likeness (QED) is 0.639. The number of benzene rings is 1. The van der Waals surface area contributed by atoms with E-state index in [-0.39, 0.29) is 0 Å². The van der Waals surface area contributed by atoms with Crippen LogP contribution in [0, 0.1) is 6.92 Å². The number of aryl methyl sites for hydroxylation is 1. The number of aromatic nitrogens is 1. The molecule has 2 aromatic heterocycles. The Morgan fingerprint density at radius 3 is 2.56 bits per heavy atom. The maximum atomic E-state index is 4.02. The number of pyridine rings is 1. The first-order valence-corrected chi connectivity index (χ1v) is 6.72. The molecule has 0 spiro atoms. The van der Waals surface area contributed by atoms with Crippen LogP contribution in [0.2, 0.25) is 0 Å². The lowest BCUT2D eigenvalue weighted by Crippen LogP contribution is -1.73. The maximum absolute atomic E-state index is 4.02. The summed E-state index contributed by atoms with van der Waals surface area (Å²) in [4.78, 5) is 5.35. The smallest absolute Gasteiger partial charge is 0.0351 e. The van der Waals surface area contributed by atoms with Crippen LogP contribution in [0.3, 0.4) is 0 Å². The molecule has 0 aliphatic rings. The zero-order valence-electron chi connectivity index (χ0n) is 10.1. The van der Waals surface area contributed by atoms with Gasteiger partial charge >= 0.3 is 0 Å². The predicted octanol–water partition coefficient (Wildman–Crippen LogP) is 4.78. The number of fused-ring (bicyclic) bond motifs is 1. The molecule has 1 nitrogen and oxygen atoms in total. The Balaban J connectivity index is 2.00. The molecule has 2 heteroatoms. The molecule has 0 radical (unpaired) electrons. The highest BCUT2D eigenvalue weighted by Crippen LogP contribution is 2.31. The van der Waals surface area contributed by atoms with E-state index in [4.69, 9.17) is 0 Å². The van der Waals surface area contributed by atoms with E-state index in [1.165, 1.54) is 26.1 Å². The number of hydrogen-bond donors (Lipinski definition) is 0. The molecule has 0 amide bonds. The molecule has 0 saturated carbocycles. The van der Waals surface area contributed by atoms with Crippen LogP contribution in [0.1, 0.15) is 16.0 Å². The molecule has 1 aromatic carbocycles. The van der Waals surface area contributed by atoms with Crippen LogP contribution in [0.15, 0.2) is 48.8 Å². The largest absolute Gasteiger partial charge is 0.265 e. The molecule has 0 saturated heterocycles. The minimum Gasteiger partial charge on any atom is -0.265 e. The average Bonchev–Trinajstić information content (AvgIpc) is 2.75. The van der Waals surface area contributed by atoms with Gasteiger partial charge in [-0.25, -0.2) is 0 Å². The first-order chi connectivity index (χ1) is 8.84. The van der Waals surface area contributed by atoms with Gasteiger partial charge in [0.15, 0.2) is 0 Å². The van der Waals surface area contributed by atoms with Crippen LogP contribution in [0.4, 0.5) is 0 Å². The Hall–Kier alpha value is -1.93. The summed E-state index contributed by atoms with van der Waals surface area (Å²) < 4.78 is 1.35. The summed E-state index contributed by atoms with van der Waals surface area (Å²) in [7, 11) is 0. The van der Waals surface area contributed by atoms with Gasteiger partial charge in [0.25, 0.3) is 0 Å². The van der Waals surface area contributed by atoms with Crippen molar-refractivity contribution in [2.24, 2.45) is 0 Å². The van der Waals surface area contributed by atoms with Gasteiger partial charge in [-0.15, -0.1) is 11.3 Å². The lowest BCUT2D eigenvalue weighted by Gasteiger charge is -1.92. The SMILES string of the molecule is Cc1c(/C=C/c2ccncc2)sc2ccccc12. The molecule has 2 heterocycles. The van der Waals surface area contributed by atoms with E-state index in [0.717, 1.165) is 0 Å². The van der Waals surface area contributed by atoms with Crippen molar-refractivity contribution >= 4 is 33.6 Å². The van der Waals surface area contributed by atoms with Gasteiger partial charge in [0, 0.05) is 22.0 Å². The van der Waals surface area contributed by atoms with E-state index < -0.39 is 0 Å². The molecule has 0 unspecified atom stereocenters. The van der Waals surface area contributed by atoms with Crippen molar-refractivity contribution in [2.45, 2.75) is 6.92 Å². The molecule has 3 rings (SSSR count). The van der Waals surface area contributed by atoms with Gasteiger partial charge in [0.1, 0.15) is 0 Å². The van der Waals surface area contributed by atoms with E-state index in [9.17, 15) is 0 Å². The third-order valence-electron chi connectivity index (χ3n) is 3.01. The lowest BCUT2D eigenvalue weighted by atomic mass is 10.1. The van der Waals surface area contributed by atoms with Crippen molar-refractivity contribution in [2.75, 3.05) is 0 Å². The molecule has 18 heavy (non-hydrogen) atoms. The van der Waals surface area contributed by atoms with E-state index in [1.807, 2.05) is 35.9 Å². The Morgan fingerprint density at radius 1 is 1.00 bits per heavy atom. The van der Waals surface area contributed by atoms with Crippen molar-refractivity contribution in [3.8, 4) is 0 Å². The summed E-state index contributed by atoms with van der Waals surface area (Å²) in [5.74, 6) is 0. The molecule has 0 bridgehead atoms. The van der Waals surface area contributed by atoms with E-state index in [1.54, 1.807) is 0 Å². The van der Waals surface area contributed by atoms with Gasteiger partial charge in [-0.05, 0) is 47.7 Å². The minimum atomic E-state index is 1.18.